The molecule has 2 aliphatic rings. The lowest BCUT2D eigenvalue weighted by Crippen LogP contribution is -2.61. The van der Waals surface area contributed by atoms with Gasteiger partial charge in [-0.3, -0.25) is 4.90 Å². The number of carboxylic acids is 1. The first-order valence-electron chi connectivity index (χ1n) is 9.13. The van der Waals surface area contributed by atoms with Crippen LogP contribution < -0.4 is 15.1 Å². The zero-order chi connectivity index (χ0) is 19.4. The van der Waals surface area contributed by atoms with Crippen molar-refractivity contribution in [1.82, 2.24) is 4.90 Å². The lowest BCUT2D eigenvalue weighted by molar-refractivity contribution is -0.0106. The second-order valence-corrected chi connectivity index (χ2v) is 7.42. The summed E-state index contributed by atoms with van der Waals surface area (Å²) < 4.78 is 16.7. The molecule has 1 atom stereocenters. The minimum Gasteiger partial charge on any atom is -0.562 e. The monoisotopic (exact) mass is 377 g/mol. The lowest BCUT2D eigenvalue weighted by Gasteiger charge is -2.43. The summed E-state index contributed by atoms with van der Waals surface area (Å²) in [6.45, 7) is 4.46. The molecule has 9 heteroatoms. The number of likely N-dealkylation sites (tertiary alicyclic amines) is 1. The van der Waals surface area contributed by atoms with E-state index in [1.54, 1.807) is 13.5 Å². The number of fused-ring (bicyclic) bond motifs is 1. The van der Waals surface area contributed by atoms with Gasteiger partial charge >= 0.3 is 13.5 Å². The molecule has 0 saturated carbocycles. The normalized spacial score (nSPS) is 19.2. The zero-order valence-corrected chi connectivity index (χ0v) is 15.5. The Balaban J connectivity index is 1.56. The van der Waals surface area contributed by atoms with Crippen molar-refractivity contribution in [1.29, 1.82) is 0 Å². The average molecular weight is 377 g/mol. The maximum Gasteiger partial charge on any atom is 0.370 e. The number of ether oxygens (including phenoxy) is 2. The van der Waals surface area contributed by atoms with Crippen LogP contribution >= 0.6 is 0 Å². The van der Waals surface area contributed by atoms with Gasteiger partial charge in [0.05, 0.1) is 19.8 Å². The Labute approximate surface area is 159 Å². The van der Waals surface area contributed by atoms with Crippen molar-refractivity contribution in [3.05, 3.63) is 23.3 Å². The Hall–Kier alpha value is -1.81. The number of aliphatic hydroxyl groups excluding tert-OH is 1. The summed E-state index contributed by atoms with van der Waals surface area (Å²) in [7, 11) is 1.63. The van der Waals surface area contributed by atoms with E-state index in [0.29, 0.717) is 37.7 Å². The van der Waals surface area contributed by atoms with Gasteiger partial charge in [-0.15, -0.1) is 0 Å². The van der Waals surface area contributed by atoms with E-state index in [2.05, 4.69) is 4.90 Å². The molecule has 1 radical (unpaired) electrons. The SMILES string of the molecule is C[C@](N)(COCCO)CN1CC(Oc2ccc3c(c2C(=O)O)O[B]CC3)C1. The number of benzene rings is 1. The third-order valence-corrected chi connectivity index (χ3v) is 4.62. The largest absolute Gasteiger partial charge is 0.562 e. The fourth-order valence-corrected chi connectivity index (χ4v) is 3.43. The van der Waals surface area contributed by atoms with E-state index >= 15 is 0 Å². The fraction of sp³-hybridized carbons (Fsp3) is 0.611. The quantitative estimate of drug-likeness (QED) is 0.412. The molecule has 0 aromatic heterocycles. The van der Waals surface area contributed by atoms with Gasteiger partial charge in [-0.2, -0.15) is 0 Å². The number of aromatic carboxylic acids is 1. The zero-order valence-electron chi connectivity index (χ0n) is 15.5. The molecule has 1 fully saturated rings. The van der Waals surface area contributed by atoms with Gasteiger partial charge in [-0.1, -0.05) is 6.07 Å². The van der Waals surface area contributed by atoms with Gasteiger partial charge in [0.25, 0.3) is 0 Å². The van der Waals surface area contributed by atoms with E-state index in [1.165, 1.54) is 0 Å². The Bertz CT molecular complexity index is 678. The highest BCUT2D eigenvalue weighted by Crippen LogP contribution is 2.36. The second-order valence-electron chi connectivity index (χ2n) is 7.42. The Morgan fingerprint density at radius 3 is 2.96 bits per heavy atom. The van der Waals surface area contributed by atoms with E-state index in [1.807, 2.05) is 13.0 Å². The first-order chi connectivity index (χ1) is 12.9. The third kappa shape index (κ3) is 4.92. The minimum atomic E-state index is -1.05. The van der Waals surface area contributed by atoms with Crippen LogP contribution in [-0.2, 0) is 11.2 Å². The van der Waals surface area contributed by atoms with Crippen molar-refractivity contribution in [3.63, 3.8) is 0 Å². The number of aryl methyl sites for hydroxylation is 1. The molecular formula is C18H26BN2O6. The van der Waals surface area contributed by atoms with E-state index in [-0.39, 0.29) is 24.9 Å². The van der Waals surface area contributed by atoms with E-state index < -0.39 is 11.5 Å². The van der Waals surface area contributed by atoms with Gasteiger partial charge in [0.1, 0.15) is 23.2 Å². The van der Waals surface area contributed by atoms with Crippen LogP contribution in [-0.4, -0.2) is 79.7 Å². The molecule has 0 spiro atoms. The third-order valence-electron chi connectivity index (χ3n) is 4.62. The summed E-state index contributed by atoms with van der Waals surface area (Å²) in [5.41, 5.74) is 6.67. The molecule has 2 heterocycles. The molecule has 0 bridgehead atoms. The second kappa shape index (κ2) is 8.47. The Morgan fingerprint density at radius 2 is 2.26 bits per heavy atom. The average Bonchev–Trinajstić information content (AvgIpc) is 2.59. The number of hydrogen-bond acceptors (Lipinski definition) is 7. The van der Waals surface area contributed by atoms with Crippen molar-refractivity contribution < 1.29 is 29.1 Å². The molecule has 0 unspecified atom stereocenters. The van der Waals surface area contributed by atoms with Crippen LogP contribution in [0.2, 0.25) is 6.32 Å². The molecule has 0 aliphatic carbocycles. The summed E-state index contributed by atoms with van der Waals surface area (Å²) in [5, 5.41) is 18.4. The Morgan fingerprint density at radius 1 is 1.48 bits per heavy atom. The van der Waals surface area contributed by atoms with Crippen molar-refractivity contribution >= 4 is 13.5 Å². The minimum absolute atomic E-state index is 0.0239. The molecule has 2 aliphatic heterocycles. The van der Waals surface area contributed by atoms with Gasteiger partial charge in [0, 0.05) is 25.2 Å². The van der Waals surface area contributed by atoms with Crippen LogP contribution in [0.15, 0.2) is 12.1 Å². The van der Waals surface area contributed by atoms with Gasteiger partial charge in [-0.05, 0) is 31.3 Å². The van der Waals surface area contributed by atoms with Crippen molar-refractivity contribution in [2.24, 2.45) is 5.73 Å². The number of carboxylic acid groups (broad SMARTS) is 1. The van der Waals surface area contributed by atoms with Crippen molar-refractivity contribution in [2.75, 3.05) is 39.5 Å². The van der Waals surface area contributed by atoms with Gasteiger partial charge < -0.3 is 30.1 Å². The van der Waals surface area contributed by atoms with Crippen LogP contribution in [0.3, 0.4) is 0 Å². The molecule has 4 N–H and O–H groups in total. The summed E-state index contributed by atoms with van der Waals surface area (Å²) in [6.07, 6.45) is 1.44. The molecule has 3 rings (SSSR count). The molecule has 1 aromatic carbocycles. The predicted molar refractivity (Wildman–Crippen MR) is 99.6 cm³/mol. The maximum atomic E-state index is 11.7. The standard InChI is InChI=1S/C18H26BN2O6/c1-18(20,11-25-7-6-22)10-21-8-13(9-21)26-14-3-2-12-4-5-19-27-16(12)15(14)17(23)24/h2-3,13,22H,4-11,20H2,1H3,(H,23,24)/t18-/m1/s1. The maximum absolute atomic E-state index is 11.7. The van der Waals surface area contributed by atoms with E-state index in [0.717, 1.165) is 18.3 Å². The number of rotatable bonds is 9. The van der Waals surface area contributed by atoms with Crippen LogP contribution in [0.25, 0.3) is 0 Å². The number of aliphatic hydroxyl groups is 1. The molecule has 0 amide bonds. The van der Waals surface area contributed by atoms with Gasteiger partial charge in [0.15, 0.2) is 0 Å². The highest BCUT2D eigenvalue weighted by Gasteiger charge is 2.35. The highest BCUT2D eigenvalue weighted by molar-refractivity contribution is 6.29. The predicted octanol–water partition coefficient (Wildman–Crippen LogP) is 0.147. The van der Waals surface area contributed by atoms with Gasteiger partial charge in [0.2, 0.25) is 0 Å². The first kappa shape index (κ1) is 19.9. The highest BCUT2D eigenvalue weighted by atomic mass is 16.5. The van der Waals surface area contributed by atoms with Crippen molar-refractivity contribution in [2.45, 2.75) is 31.3 Å². The Kier molecular flexibility index (Phi) is 6.26. The summed E-state index contributed by atoms with van der Waals surface area (Å²) >= 11 is 0. The molecular weight excluding hydrogens is 351 g/mol. The van der Waals surface area contributed by atoms with Gasteiger partial charge in [-0.25, -0.2) is 4.79 Å². The lowest BCUT2D eigenvalue weighted by atomic mass is 9.85. The number of carbonyl (C=O) groups is 1. The first-order valence-corrected chi connectivity index (χ1v) is 9.13. The summed E-state index contributed by atoms with van der Waals surface area (Å²) in [6, 6.07) is 3.59. The molecule has 27 heavy (non-hydrogen) atoms. The van der Waals surface area contributed by atoms with E-state index in [9.17, 15) is 9.90 Å². The number of nitrogens with two attached hydrogens (primary N) is 1. The molecule has 147 valence electrons. The van der Waals surface area contributed by atoms with Crippen LogP contribution in [0.5, 0.6) is 11.5 Å². The fourth-order valence-electron chi connectivity index (χ4n) is 3.43. The van der Waals surface area contributed by atoms with Crippen LogP contribution in [0.4, 0.5) is 0 Å². The summed E-state index contributed by atoms with van der Waals surface area (Å²) in [5.74, 6) is -0.329. The number of hydrogen-bond donors (Lipinski definition) is 3. The number of nitrogens with zero attached hydrogens (tertiary/aromatic N) is 1. The molecule has 1 aromatic rings. The summed E-state index contributed by atoms with van der Waals surface area (Å²) in [4.78, 5) is 13.9. The molecule has 8 nitrogen and oxygen atoms in total. The van der Waals surface area contributed by atoms with Crippen LogP contribution in [0, 0.1) is 0 Å². The smallest absolute Gasteiger partial charge is 0.370 e. The van der Waals surface area contributed by atoms with Crippen LogP contribution in [0.1, 0.15) is 22.8 Å². The van der Waals surface area contributed by atoms with E-state index in [4.69, 9.17) is 25.0 Å². The van der Waals surface area contributed by atoms with Crippen molar-refractivity contribution in [3.8, 4) is 11.5 Å². The molecule has 1 saturated heterocycles. The topological polar surface area (TPSA) is 114 Å².